The fraction of sp³-hybridized carbons (Fsp3) is 0.500. The zero-order valence-electron chi connectivity index (χ0n) is 10.6. The van der Waals surface area contributed by atoms with Crippen molar-refractivity contribution in [2.24, 2.45) is 5.73 Å². The number of nitrogens with two attached hydrogens (primary N) is 2. The van der Waals surface area contributed by atoms with Crippen LogP contribution in [0.1, 0.15) is 48.9 Å². The van der Waals surface area contributed by atoms with E-state index in [4.69, 9.17) is 11.5 Å². The molecule has 5 N–H and O–H groups in total. The summed E-state index contributed by atoms with van der Waals surface area (Å²) in [5.41, 5.74) is 13.1. The summed E-state index contributed by atoms with van der Waals surface area (Å²) < 4.78 is 0. The van der Waals surface area contributed by atoms with Crippen molar-refractivity contribution >= 4 is 17.3 Å². The molecule has 1 amide bonds. The van der Waals surface area contributed by atoms with E-state index in [0.717, 1.165) is 12.8 Å². The first-order chi connectivity index (χ1) is 8.68. The number of carbonyl (C=O) groups excluding carboxylic acids is 1. The van der Waals surface area contributed by atoms with Crippen LogP contribution in [0.2, 0.25) is 0 Å². The Bertz CT molecular complexity index is 423. The molecule has 4 nitrogen and oxygen atoms in total. The SMILES string of the molecule is NC(=O)c1cccc(N)c1NC1CCCCCC1. The van der Waals surface area contributed by atoms with E-state index in [1.54, 1.807) is 18.2 Å². The molecule has 18 heavy (non-hydrogen) atoms. The number of amides is 1. The third-order valence-corrected chi connectivity index (χ3v) is 3.57. The van der Waals surface area contributed by atoms with Crippen LogP contribution in [0.15, 0.2) is 18.2 Å². The zero-order chi connectivity index (χ0) is 13.0. The number of nitrogens with one attached hydrogen (secondary N) is 1. The van der Waals surface area contributed by atoms with Crippen molar-refractivity contribution in [1.82, 2.24) is 0 Å². The van der Waals surface area contributed by atoms with Gasteiger partial charge in [-0.2, -0.15) is 0 Å². The van der Waals surface area contributed by atoms with Crippen LogP contribution in [-0.4, -0.2) is 11.9 Å². The molecule has 4 heteroatoms. The Labute approximate surface area is 108 Å². The molecule has 2 rings (SSSR count). The quantitative estimate of drug-likeness (QED) is 0.567. The third kappa shape index (κ3) is 2.94. The van der Waals surface area contributed by atoms with Crippen LogP contribution in [0, 0.1) is 0 Å². The second kappa shape index (κ2) is 5.76. The molecule has 0 atom stereocenters. The molecule has 1 aliphatic carbocycles. The van der Waals surface area contributed by atoms with Crippen LogP contribution in [0.5, 0.6) is 0 Å². The van der Waals surface area contributed by atoms with Gasteiger partial charge in [0, 0.05) is 6.04 Å². The Kier molecular flexibility index (Phi) is 4.07. The summed E-state index contributed by atoms with van der Waals surface area (Å²) in [7, 11) is 0. The molecule has 1 fully saturated rings. The molecule has 0 heterocycles. The Balaban J connectivity index is 2.19. The van der Waals surface area contributed by atoms with Gasteiger partial charge in [-0.05, 0) is 25.0 Å². The van der Waals surface area contributed by atoms with Gasteiger partial charge in [0.25, 0.3) is 5.91 Å². The number of benzene rings is 1. The van der Waals surface area contributed by atoms with Gasteiger partial charge in [-0.3, -0.25) is 4.79 Å². The zero-order valence-corrected chi connectivity index (χ0v) is 10.6. The lowest BCUT2D eigenvalue weighted by Crippen LogP contribution is -2.22. The van der Waals surface area contributed by atoms with Gasteiger partial charge in [0.15, 0.2) is 0 Å². The molecule has 1 aromatic carbocycles. The van der Waals surface area contributed by atoms with Crippen molar-refractivity contribution in [2.75, 3.05) is 11.1 Å². The fourth-order valence-corrected chi connectivity index (χ4v) is 2.56. The molecule has 1 aromatic rings. The van der Waals surface area contributed by atoms with Crippen molar-refractivity contribution in [3.63, 3.8) is 0 Å². The molecule has 0 aromatic heterocycles. The lowest BCUT2D eigenvalue weighted by Gasteiger charge is -2.20. The number of para-hydroxylation sites is 1. The summed E-state index contributed by atoms with van der Waals surface area (Å²) in [4.78, 5) is 11.4. The first-order valence-corrected chi connectivity index (χ1v) is 6.63. The molecule has 0 unspecified atom stereocenters. The van der Waals surface area contributed by atoms with E-state index < -0.39 is 5.91 Å². The van der Waals surface area contributed by atoms with Crippen molar-refractivity contribution in [1.29, 1.82) is 0 Å². The van der Waals surface area contributed by atoms with Crippen molar-refractivity contribution in [3.05, 3.63) is 23.8 Å². The van der Waals surface area contributed by atoms with E-state index in [9.17, 15) is 4.79 Å². The van der Waals surface area contributed by atoms with Gasteiger partial charge in [0.2, 0.25) is 0 Å². The van der Waals surface area contributed by atoms with Gasteiger partial charge in [0.1, 0.15) is 0 Å². The van der Waals surface area contributed by atoms with E-state index in [-0.39, 0.29) is 0 Å². The van der Waals surface area contributed by atoms with Gasteiger partial charge in [-0.15, -0.1) is 0 Å². The standard InChI is InChI=1S/C14H21N3O/c15-12-9-5-8-11(14(16)18)13(12)17-10-6-3-1-2-4-7-10/h5,8-10,17H,1-4,6-7,15H2,(H2,16,18). The number of hydrogen-bond donors (Lipinski definition) is 3. The molecule has 1 aliphatic rings. The topological polar surface area (TPSA) is 81.1 Å². The maximum absolute atomic E-state index is 11.4. The van der Waals surface area contributed by atoms with Crippen LogP contribution < -0.4 is 16.8 Å². The Hall–Kier alpha value is -1.71. The van der Waals surface area contributed by atoms with Crippen LogP contribution >= 0.6 is 0 Å². The minimum Gasteiger partial charge on any atom is -0.397 e. The van der Waals surface area contributed by atoms with Crippen LogP contribution in [0.3, 0.4) is 0 Å². The molecule has 0 aliphatic heterocycles. The first kappa shape index (κ1) is 12.7. The highest BCUT2D eigenvalue weighted by Gasteiger charge is 2.16. The summed E-state index contributed by atoms with van der Waals surface area (Å²) in [6, 6.07) is 5.67. The number of nitrogen functional groups attached to an aromatic ring is 1. The van der Waals surface area contributed by atoms with E-state index in [2.05, 4.69) is 5.32 Å². The number of rotatable bonds is 3. The van der Waals surface area contributed by atoms with Gasteiger partial charge < -0.3 is 16.8 Å². The summed E-state index contributed by atoms with van der Waals surface area (Å²) in [6.45, 7) is 0. The minimum absolute atomic E-state index is 0.398. The third-order valence-electron chi connectivity index (χ3n) is 3.57. The number of primary amides is 1. The maximum Gasteiger partial charge on any atom is 0.250 e. The molecule has 0 spiro atoms. The van der Waals surface area contributed by atoms with Crippen molar-refractivity contribution in [2.45, 2.75) is 44.6 Å². The molecule has 0 saturated heterocycles. The highest BCUT2D eigenvalue weighted by molar-refractivity contribution is 6.01. The average molecular weight is 247 g/mol. The lowest BCUT2D eigenvalue weighted by molar-refractivity contribution is 0.100. The van der Waals surface area contributed by atoms with Crippen LogP contribution in [0.4, 0.5) is 11.4 Å². The van der Waals surface area contributed by atoms with E-state index in [1.807, 2.05) is 0 Å². The summed E-state index contributed by atoms with van der Waals surface area (Å²) in [6.07, 6.45) is 7.32. The lowest BCUT2D eigenvalue weighted by atomic mass is 10.1. The van der Waals surface area contributed by atoms with Crippen LogP contribution in [-0.2, 0) is 0 Å². The van der Waals surface area contributed by atoms with Gasteiger partial charge in [0.05, 0.1) is 16.9 Å². The monoisotopic (exact) mass is 247 g/mol. The maximum atomic E-state index is 11.4. The van der Waals surface area contributed by atoms with Crippen LogP contribution in [0.25, 0.3) is 0 Å². The number of hydrogen-bond acceptors (Lipinski definition) is 3. The smallest absolute Gasteiger partial charge is 0.250 e. The highest BCUT2D eigenvalue weighted by atomic mass is 16.1. The first-order valence-electron chi connectivity index (χ1n) is 6.63. The van der Waals surface area contributed by atoms with Gasteiger partial charge in [-0.1, -0.05) is 31.7 Å². The number of carbonyl (C=O) groups is 1. The second-order valence-corrected chi connectivity index (χ2v) is 4.97. The van der Waals surface area contributed by atoms with E-state index in [1.165, 1.54) is 25.7 Å². The Morgan fingerprint density at radius 3 is 2.44 bits per heavy atom. The Morgan fingerprint density at radius 1 is 1.17 bits per heavy atom. The second-order valence-electron chi connectivity index (χ2n) is 4.97. The van der Waals surface area contributed by atoms with Gasteiger partial charge in [-0.25, -0.2) is 0 Å². The average Bonchev–Trinajstić information content (AvgIpc) is 2.60. The fourth-order valence-electron chi connectivity index (χ4n) is 2.56. The predicted octanol–water partition coefficient (Wildman–Crippen LogP) is 2.50. The summed E-state index contributed by atoms with van der Waals surface area (Å²) >= 11 is 0. The molecular formula is C14H21N3O. The summed E-state index contributed by atoms with van der Waals surface area (Å²) in [5, 5.41) is 3.41. The van der Waals surface area contributed by atoms with Gasteiger partial charge >= 0.3 is 0 Å². The van der Waals surface area contributed by atoms with E-state index in [0.29, 0.717) is 23.0 Å². The van der Waals surface area contributed by atoms with Crippen molar-refractivity contribution in [3.8, 4) is 0 Å². The molecule has 98 valence electrons. The minimum atomic E-state index is -0.432. The molecule has 1 saturated carbocycles. The molecule has 0 radical (unpaired) electrons. The normalized spacial score (nSPS) is 17.1. The summed E-state index contributed by atoms with van der Waals surface area (Å²) in [5.74, 6) is -0.432. The number of anilines is 2. The largest absolute Gasteiger partial charge is 0.397 e. The van der Waals surface area contributed by atoms with E-state index >= 15 is 0 Å². The Morgan fingerprint density at radius 2 is 1.83 bits per heavy atom. The molecule has 0 bridgehead atoms. The van der Waals surface area contributed by atoms with Crippen molar-refractivity contribution < 1.29 is 4.79 Å². The predicted molar refractivity (Wildman–Crippen MR) is 74.5 cm³/mol. The molecular weight excluding hydrogens is 226 g/mol. The highest BCUT2D eigenvalue weighted by Crippen LogP contribution is 2.27.